The SMILES string of the molecule is CC1CCN(C2=NCCN2C(=O)c2c(F)cccc2F)CC1. The third kappa shape index (κ3) is 2.69. The Balaban J connectivity index is 1.82. The molecule has 1 saturated heterocycles. The Kier molecular flexibility index (Phi) is 4.09. The summed E-state index contributed by atoms with van der Waals surface area (Å²) < 4.78 is 27.7. The van der Waals surface area contributed by atoms with Gasteiger partial charge < -0.3 is 4.90 Å². The molecule has 1 fully saturated rings. The Bertz CT molecular complexity index is 589. The van der Waals surface area contributed by atoms with Crippen LogP contribution in [0.4, 0.5) is 8.78 Å². The molecule has 0 spiro atoms. The Hall–Kier alpha value is -1.98. The highest BCUT2D eigenvalue weighted by Crippen LogP contribution is 2.21. The number of guanidine groups is 1. The van der Waals surface area contributed by atoms with Gasteiger partial charge in [0.25, 0.3) is 5.91 Å². The van der Waals surface area contributed by atoms with Crippen LogP contribution in [0.1, 0.15) is 30.1 Å². The lowest BCUT2D eigenvalue weighted by molar-refractivity contribution is 0.0830. The molecule has 1 aromatic carbocycles. The van der Waals surface area contributed by atoms with Crippen LogP contribution in [0.5, 0.6) is 0 Å². The molecule has 6 heteroatoms. The number of piperidine rings is 1. The second-order valence-corrected chi connectivity index (χ2v) is 5.90. The van der Waals surface area contributed by atoms with Gasteiger partial charge in [-0.25, -0.2) is 8.78 Å². The number of nitrogens with zero attached hydrogens (tertiary/aromatic N) is 3. The average molecular weight is 307 g/mol. The van der Waals surface area contributed by atoms with Crippen molar-refractivity contribution in [3.63, 3.8) is 0 Å². The summed E-state index contributed by atoms with van der Waals surface area (Å²) in [7, 11) is 0. The number of rotatable bonds is 1. The lowest BCUT2D eigenvalue weighted by Gasteiger charge is -2.34. The molecular weight excluding hydrogens is 288 g/mol. The van der Waals surface area contributed by atoms with E-state index in [2.05, 4.69) is 11.9 Å². The van der Waals surface area contributed by atoms with Gasteiger partial charge in [0.05, 0.1) is 6.54 Å². The fourth-order valence-corrected chi connectivity index (χ4v) is 2.94. The minimum absolute atomic E-state index is 0.369. The van der Waals surface area contributed by atoms with Crippen molar-refractivity contribution in [2.24, 2.45) is 10.9 Å². The van der Waals surface area contributed by atoms with Crippen molar-refractivity contribution < 1.29 is 13.6 Å². The Morgan fingerprint density at radius 3 is 2.45 bits per heavy atom. The van der Waals surface area contributed by atoms with E-state index in [1.54, 1.807) is 0 Å². The van der Waals surface area contributed by atoms with Crippen LogP contribution in [0.25, 0.3) is 0 Å². The fraction of sp³-hybridized carbons (Fsp3) is 0.500. The van der Waals surface area contributed by atoms with E-state index in [1.165, 1.54) is 11.0 Å². The van der Waals surface area contributed by atoms with Crippen molar-refractivity contribution >= 4 is 11.9 Å². The number of hydrogen-bond donors (Lipinski definition) is 0. The number of halogens is 2. The highest BCUT2D eigenvalue weighted by atomic mass is 19.1. The maximum atomic E-state index is 13.8. The molecule has 0 atom stereocenters. The summed E-state index contributed by atoms with van der Waals surface area (Å²) in [6.45, 7) is 4.69. The number of likely N-dealkylation sites (tertiary alicyclic amines) is 1. The third-order valence-corrected chi connectivity index (χ3v) is 4.31. The highest BCUT2D eigenvalue weighted by molar-refractivity contribution is 6.06. The van der Waals surface area contributed by atoms with E-state index in [1.807, 2.05) is 4.90 Å². The van der Waals surface area contributed by atoms with Crippen LogP contribution in [-0.4, -0.2) is 47.8 Å². The molecule has 0 aliphatic carbocycles. The van der Waals surface area contributed by atoms with Gasteiger partial charge in [-0.1, -0.05) is 13.0 Å². The molecule has 0 N–H and O–H groups in total. The summed E-state index contributed by atoms with van der Waals surface area (Å²) in [4.78, 5) is 20.4. The number of amides is 1. The molecule has 1 amide bonds. The topological polar surface area (TPSA) is 35.9 Å². The Morgan fingerprint density at radius 2 is 1.82 bits per heavy atom. The normalized spacial score (nSPS) is 19.5. The van der Waals surface area contributed by atoms with Gasteiger partial charge in [-0.05, 0) is 30.9 Å². The van der Waals surface area contributed by atoms with Crippen molar-refractivity contribution in [2.45, 2.75) is 19.8 Å². The van der Waals surface area contributed by atoms with E-state index in [4.69, 9.17) is 0 Å². The molecule has 0 saturated carbocycles. The third-order valence-electron chi connectivity index (χ3n) is 4.31. The zero-order chi connectivity index (χ0) is 15.7. The van der Waals surface area contributed by atoms with Gasteiger partial charge >= 0.3 is 0 Å². The van der Waals surface area contributed by atoms with Gasteiger partial charge in [0, 0.05) is 19.6 Å². The summed E-state index contributed by atoms with van der Waals surface area (Å²) in [5.41, 5.74) is -0.498. The molecule has 0 unspecified atom stereocenters. The van der Waals surface area contributed by atoms with Gasteiger partial charge in [-0.3, -0.25) is 14.7 Å². The van der Waals surface area contributed by atoms with Gasteiger partial charge in [0.15, 0.2) is 0 Å². The second-order valence-electron chi connectivity index (χ2n) is 5.90. The molecule has 22 heavy (non-hydrogen) atoms. The highest BCUT2D eigenvalue weighted by Gasteiger charge is 2.33. The van der Waals surface area contributed by atoms with Gasteiger partial charge in [0.2, 0.25) is 5.96 Å². The molecule has 2 aliphatic heterocycles. The number of benzene rings is 1. The molecule has 2 heterocycles. The lowest BCUT2D eigenvalue weighted by atomic mass is 9.99. The zero-order valence-electron chi connectivity index (χ0n) is 12.6. The van der Waals surface area contributed by atoms with Crippen LogP contribution in [0.3, 0.4) is 0 Å². The van der Waals surface area contributed by atoms with Crippen LogP contribution >= 0.6 is 0 Å². The number of aliphatic imine (C=N–C) groups is 1. The summed E-state index contributed by atoms with van der Waals surface area (Å²) in [6, 6.07) is 3.46. The van der Waals surface area contributed by atoms with Crippen molar-refractivity contribution in [3.8, 4) is 0 Å². The molecule has 0 radical (unpaired) electrons. The van der Waals surface area contributed by atoms with Gasteiger partial charge in [0.1, 0.15) is 17.2 Å². The molecule has 0 bridgehead atoms. The minimum Gasteiger partial charge on any atom is -0.342 e. The second kappa shape index (κ2) is 6.02. The van der Waals surface area contributed by atoms with Crippen LogP contribution < -0.4 is 0 Å². The minimum atomic E-state index is -0.830. The van der Waals surface area contributed by atoms with Gasteiger partial charge in [-0.2, -0.15) is 0 Å². The fourth-order valence-electron chi connectivity index (χ4n) is 2.94. The molecule has 118 valence electrons. The number of hydrogen-bond acceptors (Lipinski definition) is 3. The largest absolute Gasteiger partial charge is 0.342 e. The van der Waals surface area contributed by atoms with Crippen molar-refractivity contribution in [2.75, 3.05) is 26.2 Å². The predicted molar refractivity (Wildman–Crippen MR) is 79.7 cm³/mol. The quantitative estimate of drug-likeness (QED) is 0.799. The van der Waals surface area contributed by atoms with Crippen molar-refractivity contribution in [1.82, 2.24) is 9.80 Å². The molecular formula is C16H19F2N3O. The monoisotopic (exact) mass is 307 g/mol. The smallest absolute Gasteiger partial charge is 0.266 e. The Labute approximate surface area is 128 Å². The lowest BCUT2D eigenvalue weighted by Crippen LogP contribution is -2.48. The first-order chi connectivity index (χ1) is 10.6. The Morgan fingerprint density at radius 1 is 1.18 bits per heavy atom. The summed E-state index contributed by atoms with van der Waals surface area (Å²) >= 11 is 0. The molecule has 2 aliphatic rings. The van der Waals surface area contributed by atoms with Crippen molar-refractivity contribution in [3.05, 3.63) is 35.4 Å². The van der Waals surface area contributed by atoms with E-state index in [9.17, 15) is 13.6 Å². The molecule has 4 nitrogen and oxygen atoms in total. The maximum absolute atomic E-state index is 13.8. The van der Waals surface area contributed by atoms with Crippen LogP contribution in [0, 0.1) is 17.6 Å². The van der Waals surface area contributed by atoms with Crippen LogP contribution in [0.15, 0.2) is 23.2 Å². The summed E-state index contributed by atoms with van der Waals surface area (Å²) in [6.07, 6.45) is 2.07. The van der Waals surface area contributed by atoms with E-state index < -0.39 is 23.1 Å². The van der Waals surface area contributed by atoms with Crippen LogP contribution in [0.2, 0.25) is 0 Å². The first-order valence-electron chi connectivity index (χ1n) is 7.63. The van der Waals surface area contributed by atoms with E-state index >= 15 is 0 Å². The first kappa shape index (κ1) is 14.9. The molecule has 1 aromatic rings. The maximum Gasteiger partial charge on any atom is 0.266 e. The zero-order valence-corrected chi connectivity index (χ0v) is 12.6. The van der Waals surface area contributed by atoms with Gasteiger partial charge in [-0.15, -0.1) is 0 Å². The van der Waals surface area contributed by atoms with E-state index in [-0.39, 0.29) is 0 Å². The molecule has 0 aromatic heterocycles. The van der Waals surface area contributed by atoms with Crippen LogP contribution in [-0.2, 0) is 0 Å². The standard InChI is InChI=1S/C16H19F2N3O/c1-11-5-8-20(9-6-11)16-19-7-10-21(16)15(22)14-12(17)3-2-4-13(14)18/h2-4,11H,5-10H2,1H3. The summed E-state index contributed by atoms with van der Waals surface area (Å²) in [5.74, 6) is -1.09. The predicted octanol–water partition coefficient (Wildman–Crippen LogP) is 2.51. The molecule has 3 rings (SSSR count). The van der Waals surface area contributed by atoms with E-state index in [0.29, 0.717) is 25.0 Å². The summed E-state index contributed by atoms with van der Waals surface area (Å²) in [5, 5.41) is 0. The van der Waals surface area contributed by atoms with E-state index in [0.717, 1.165) is 38.1 Å². The van der Waals surface area contributed by atoms with Crippen molar-refractivity contribution in [1.29, 1.82) is 0 Å². The number of carbonyl (C=O) groups is 1. The average Bonchev–Trinajstić information content (AvgIpc) is 2.97. The number of carbonyl (C=O) groups excluding carboxylic acids is 1. The first-order valence-corrected chi connectivity index (χ1v) is 7.63.